The molecule has 0 radical (unpaired) electrons. The molecule has 3 rings (SSSR count). The minimum absolute atomic E-state index is 0.165. The van der Waals surface area contributed by atoms with Crippen molar-refractivity contribution in [1.29, 1.82) is 0 Å². The van der Waals surface area contributed by atoms with Crippen LogP contribution in [0.1, 0.15) is 33.2 Å². The molecule has 3 aromatic rings. The van der Waals surface area contributed by atoms with Gasteiger partial charge in [-0.15, -0.1) is 0 Å². The van der Waals surface area contributed by atoms with Crippen molar-refractivity contribution < 1.29 is 15.0 Å². The highest BCUT2D eigenvalue weighted by Gasteiger charge is 2.15. The summed E-state index contributed by atoms with van der Waals surface area (Å²) in [5.41, 5.74) is 4.30. The Morgan fingerprint density at radius 2 is 1.50 bits per heavy atom. The molecule has 0 spiro atoms. The lowest BCUT2D eigenvalue weighted by Crippen LogP contribution is -2.04. The average molecular weight is 318 g/mol. The first kappa shape index (κ1) is 16.0. The number of aromatic carboxylic acids is 1. The van der Waals surface area contributed by atoms with Crippen LogP contribution < -0.4 is 0 Å². The summed E-state index contributed by atoms with van der Waals surface area (Å²) in [6.45, 7) is 2.00. The maximum atomic E-state index is 11.5. The van der Waals surface area contributed by atoms with Gasteiger partial charge in [0.2, 0.25) is 0 Å². The van der Waals surface area contributed by atoms with Gasteiger partial charge in [-0.2, -0.15) is 0 Å². The van der Waals surface area contributed by atoms with Gasteiger partial charge in [-0.1, -0.05) is 60.2 Å². The van der Waals surface area contributed by atoms with Crippen molar-refractivity contribution in [2.24, 2.45) is 0 Å². The first-order valence-corrected chi connectivity index (χ1v) is 7.73. The summed E-state index contributed by atoms with van der Waals surface area (Å²) in [5.74, 6) is -1.01. The van der Waals surface area contributed by atoms with E-state index in [1.54, 1.807) is 6.07 Å². The molecule has 0 bridgehead atoms. The molecule has 24 heavy (non-hydrogen) atoms. The number of hydrogen-bond acceptors (Lipinski definition) is 2. The van der Waals surface area contributed by atoms with Gasteiger partial charge in [0.15, 0.2) is 0 Å². The van der Waals surface area contributed by atoms with Crippen LogP contribution in [0.3, 0.4) is 0 Å². The number of aryl methyl sites for hydroxylation is 1. The lowest BCUT2D eigenvalue weighted by atomic mass is 9.94. The SMILES string of the molecule is Cc1ccc(-c2cc(C(=O)O)cc(C(O)c3ccccc3)c2)cc1. The molecule has 1 atom stereocenters. The second kappa shape index (κ2) is 6.69. The van der Waals surface area contributed by atoms with Gasteiger partial charge in [0.25, 0.3) is 0 Å². The Labute approximate surface area is 140 Å². The minimum Gasteiger partial charge on any atom is -0.478 e. The molecule has 2 N–H and O–H groups in total. The average Bonchev–Trinajstić information content (AvgIpc) is 2.62. The van der Waals surface area contributed by atoms with E-state index in [0.29, 0.717) is 5.56 Å². The third-order valence-electron chi connectivity index (χ3n) is 4.02. The van der Waals surface area contributed by atoms with Gasteiger partial charge in [0.1, 0.15) is 6.10 Å². The highest BCUT2D eigenvalue weighted by Crippen LogP contribution is 2.29. The van der Waals surface area contributed by atoms with Crippen LogP contribution >= 0.6 is 0 Å². The fourth-order valence-corrected chi connectivity index (χ4v) is 2.67. The third-order valence-corrected chi connectivity index (χ3v) is 4.02. The van der Waals surface area contributed by atoms with Gasteiger partial charge in [-0.05, 0) is 47.4 Å². The second-order valence-electron chi connectivity index (χ2n) is 5.83. The fraction of sp³-hybridized carbons (Fsp3) is 0.0952. The van der Waals surface area contributed by atoms with Crippen molar-refractivity contribution in [1.82, 2.24) is 0 Å². The Bertz CT molecular complexity index is 852. The number of aliphatic hydroxyl groups is 1. The van der Waals surface area contributed by atoms with E-state index in [-0.39, 0.29) is 5.56 Å². The number of hydrogen-bond donors (Lipinski definition) is 2. The van der Waals surface area contributed by atoms with Crippen LogP contribution in [0.25, 0.3) is 11.1 Å². The van der Waals surface area contributed by atoms with Gasteiger partial charge in [-0.25, -0.2) is 4.79 Å². The maximum absolute atomic E-state index is 11.5. The lowest BCUT2D eigenvalue weighted by Gasteiger charge is -2.14. The zero-order valence-corrected chi connectivity index (χ0v) is 13.3. The molecule has 3 aromatic carbocycles. The van der Waals surface area contributed by atoms with Gasteiger partial charge in [-0.3, -0.25) is 0 Å². The number of benzene rings is 3. The number of rotatable bonds is 4. The predicted octanol–water partition coefficient (Wildman–Crippen LogP) is 4.44. The summed E-state index contributed by atoms with van der Waals surface area (Å²) in [4.78, 5) is 11.5. The topological polar surface area (TPSA) is 57.5 Å². The van der Waals surface area contributed by atoms with E-state index in [2.05, 4.69) is 0 Å². The quantitative estimate of drug-likeness (QED) is 0.747. The molecule has 1 unspecified atom stereocenters. The van der Waals surface area contributed by atoms with E-state index in [4.69, 9.17) is 0 Å². The Kier molecular flexibility index (Phi) is 4.45. The minimum atomic E-state index is -1.01. The Hall–Kier alpha value is -2.91. The van der Waals surface area contributed by atoms with Crippen molar-refractivity contribution in [2.45, 2.75) is 13.0 Å². The van der Waals surface area contributed by atoms with Crippen molar-refractivity contribution >= 4 is 5.97 Å². The summed E-state index contributed by atoms with van der Waals surface area (Å²) >= 11 is 0. The number of aliphatic hydroxyl groups excluding tert-OH is 1. The monoisotopic (exact) mass is 318 g/mol. The molecule has 0 saturated heterocycles. The summed E-state index contributed by atoms with van der Waals surface area (Å²) in [6, 6.07) is 22.1. The van der Waals surface area contributed by atoms with Crippen LogP contribution in [0.5, 0.6) is 0 Å². The zero-order chi connectivity index (χ0) is 17.1. The molecule has 0 amide bonds. The largest absolute Gasteiger partial charge is 0.478 e. The summed E-state index contributed by atoms with van der Waals surface area (Å²) < 4.78 is 0. The molecule has 0 aliphatic carbocycles. The Morgan fingerprint density at radius 3 is 2.12 bits per heavy atom. The van der Waals surface area contributed by atoms with Crippen molar-refractivity contribution in [2.75, 3.05) is 0 Å². The van der Waals surface area contributed by atoms with Crippen molar-refractivity contribution in [3.63, 3.8) is 0 Å². The molecule has 0 aromatic heterocycles. The molecule has 0 fully saturated rings. The Morgan fingerprint density at radius 1 is 0.833 bits per heavy atom. The normalized spacial score (nSPS) is 11.9. The van der Waals surface area contributed by atoms with E-state index in [9.17, 15) is 15.0 Å². The van der Waals surface area contributed by atoms with E-state index in [0.717, 1.165) is 22.3 Å². The van der Waals surface area contributed by atoms with Crippen LogP contribution in [-0.2, 0) is 0 Å². The van der Waals surface area contributed by atoms with Crippen LogP contribution in [0, 0.1) is 6.92 Å². The number of carboxylic acid groups (broad SMARTS) is 1. The standard InChI is InChI=1S/C21H18O3/c1-14-7-9-15(10-8-14)17-11-18(13-19(12-17)21(23)24)20(22)16-5-3-2-4-6-16/h2-13,20,22H,1H3,(H,23,24). The maximum Gasteiger partial charge on any atom is 0.335 e. The van der Waals surface area contributed by atoms with Crippen LogP contribution in [0.15, 0.2) is 72.8 Å². The highest BCUT2D eigenvalue weighted by atomic mass is 16.4. The summed E-state index contributed by atoms with van der Waals surface area (Å²) in [6.07, 6.45) is -0.866. The van der Waals surface area contributed by atoms with Crippen LogP contribution in [0.4, 0.5) is 0 Å². The summed E-state index contributed by atoms with van der Waals surface area (Å²) in [5, 5.41) is 20.0. The van der Waals surface area contributed by atoms with E-state index >= 15 is 0 Å². The first-order chi connectivity index (χ1) is 11.5. The van der Waals surface area contributed by atoms with Crippen molar-refractivity contribution in [3.8, 4) is 11.1 Å². The molecule has 0 heterocycles. The van der Waals surface area contributed by atoms with Gasteiger partial charge in [0, 0.05) is 0 Å². The zero-order valence-electron chi connectivity index (χ0n) is 13.3. The van der Waals surface area contributed by atoms with Crippen LogP contribution in [0.2, 0.25) is 0 Å². The molecule has 120 valence electrons. The summed E-state index contributed by atoms with van der Waals surface area (Å²) in [7, 11) is 0. The van der Waals surface area contributed by atoms with Crippen LogP contribution in [-0.4, -0.2) is 16.2 Å². The smallest absolute Gasteiger partial charge is 0.335 e. The first-order valence-electron chi connectivity index (χ1n) is 7.73. The fourth-order valence-electron chi connectivity index (χ4n) is 2.67. The lowest BCUT2D eigenvalue weighted by molar-refractivity contribution is 0.0696. The highest BCUT2D eigenvalue weighted by molar-refractivity contribution is 5.90. The van der Waals surface area contributed by atoms with Gasteiger partial charge >= 0.3 is 5.97 Å². The number of carbonyl (C=O) groups is 1. The third kappa shape index (κ3) is 3.36. The molecule has 0 saturated carbocycles. The Balaban J connectivity index is 2.09. The van der Waals surface area contributed by atoms with E-state index < -0.39 is 12.1 Å². The number of carboxylic acids is 1. The second-order valence-corrected chi connectivity index (χ2v) is 5.83. The van der Waals surface area contributed by atoms with Crippen molar-refractivity contribution in [3.05, 3.63) is 95.1 Å². The molecular weight excluding hydrogens is 300 g/mol. The molecular formula is C21H18O3. The predicted molar refractivity (Wildman–Crippen MR) is 94.1 cm³/mol. The molecule has 3 heteroatoms. The van der Waals surface area contributed by atoms with E-state index in [1.165, 1.54) is 6.07 Å². The van der Waals surface area contributed by atoms with Gasteiger partial charge < -0.3 is 10.2 Å². The molecule has 0 aliphatic rings. The molecule has 3 nitrogen and oxygen atoms in total. The van der Waals surface area contributed by atoms with Gasteiger partial charge in [0.05, 0.1) is 5.56 Å². The van der Waals surface area contributed by atoms with E-state index in [1.807, 2.05) is 67.6 Å². The molecule has 0 aliphatic heterocycles.